The summed E-state index contributed by atoms with van der Waals surface area (Å²) in [5.74, 6) is -0.869. The molecule has 2 N–H and O–H groups in total. The monoisotopic (exact) mass is 468 g/mol. The number of amides is 1. The van der Waals surface area contributed by atoms with E-state index in [1.165, 1.54) is 33.9 Å². The average molecular weight is 469 g/mol. The molecule has 0 atom stereocenters. The van der Waals surface area contributed by atoms with Crippen LogP contribution in [0.5, 0.6) is 0 Å². The summed E-state index contributed by atoms with van der Waals surface area (Å²) in [6.07, 6.45) is 2.32. The van der Waals surface area contributed by atoms with Gasteiger partial charge in [-0.1, -0.05) is 24.3 Å². The minimum atomic E-state index is -3.81. The fourth-order valence-electron chi connectivity index (χ4n) is 4.26. The van der Waals surface area contributed by atoms with E-state index in [4.69, 9.17) is 9.88 Å². The van der Waals surface area contributed by atoms with Gasteiger partial charge in [-0.25, -0.2) is 18.4 Å². The van der Waals surface area contributed by atoms with Crippen molar-refractivity contribution in [2.24, 2.45) is 5.14 Å². The Kier molecular flexibility index (Phi) is 5.11. The Balaban J connectivity index is 1.28. The van der Waals surface area contributed by atoms with Gasteiger partial charge in [0, 0.05) is 17.1 Å². The molecule has 1 amide bonds. The van der Waals surface area contributed by atoms with Gasteiger partial charge in [0.05, 0.1) is 4.90 Å². The van der Waals surface area contributed by atoms with Crippen LogP contribution in [0.3, 0.4) is 0 Å². The summed E-state index contributed by atoms with van der Waals surface area (Å²) in [6, 6.07) is 14.5. The third-order valence-corrected chi connectivity index (χ3v) is 7.94. The first-order valence-electron chi connectivity index (χ1n) is 10.2. The van der Waals surface area contributed by atoms with Crippen LogP contribution < -0.4 is 10.0 Å². The molecule has 164 valence electrons. The Labute approximate surface area is 189 Å². The molecule has 1 aliphatic carbocycles. The number of hydrogen-bond acceptors (Lipinski definition) is 6. The molecule has 32 heavy (non-hydrogen) atoms. The number of hydrogen-bond donors (Lipinski definition) is 1. The number of nitrogens with zero attached hydrogens (tertiary/aromatic N) is 1. The van der Waals surface area contributed by atoms with E-state index in [1.54, 1.807) is 6.07 Å². The van der Waals surface area contributed by atoms with Gasteiger partial charge in [0.2, 0.25) is 10.0 Å². The molecular formula is C23H20N2O5S2. The first-order valence-corrected chi connectivity index (χ1v) is 12.5. The Morgan fingerprint density at radius 2 is 1.78 bits per heavy atom. The third kappa shape index (κ3) is 3.72. The van der Waals surface area contributed by atoms with Gasteiger partial charge in [-0.2, -0.15) is 0 Å². The summed E-state index contributed by atoms with van der Waals surface area (Å²) in [5.41, 5.74) is 4.89. The van der Waals surface area contributed by atoms with Crippen LogP contribution in [0.15, 0.2) is 53.4 Å². The normalized spacial score (nSPS) is 14.5. The average Bonchev–Trinajstić information content (AvgIpc) is 3.40. The van der Waals surface area contributed by atoms with Gasteiger partial charge in [0.1, 0.15) is 4.88 Å². The van der Waals surface area contributed by atoms with Crippen LogP contribution in [0.1, 0.15) is 26.4 Å². The molecule has 5 rings (SSSR count). The van der Waals surface area contributed by atoms with E-state index in [9.17, 15) is 18.0 Å². The molecule has 9 heteroatoms. The third-order valence-electron chi connectivity index (χ3n) is 5.84. The van der Waals surface area contributed by atoms with Crippen molar-refractivity contribution in [2.75, 3.05) is 18.1 Å². The first kappa shape index (κ1) is 20.9. The van der Waals surface area contributed by atoms with Crippen molar-refractivity contribution in [2.45, 2.75) is 24.2 Å². The van der Waals surface area contributed by atoms with E-state index < -0.39 is 16.0 Å². The van der Waals surface area contributed by atoms with E-state index in [2.05, 4.69) is 12.1 Å². The number of carbonyl (C=O) groups excluding carboxylic acids is 2. The Bertz CT molecular complexity index is 1360. The molecule has 7 nitrogen and oxygen atoms in total. The predicted octanol–water partition coefficient (Wildman–Crippen LogP) is 2.91. The number of nitrogens with two attached hydrogens (primary N) is 1. The minimum Gasteiger partial charge on any atom is -0.451 e. The van der Waals surface area contributed by atoms with Crippen LogP contribution in [-0.2, 0) is 38.8 Å². The number of ether oxygens (including phenoxy) is 1. The largest absolute Gasteiger partial charge is 0.451 e. The zero-order chi connectivity index (χ0) is 22.5. The van der Waals surface area contributed by atoms with Crippen LogP contribution in [0.4, 0.5) is 5.69 Å². The molecule has 0 bridgehead atoms. The van der Waals surface area contributed by atoms with Crippen molar-refractivity contribution < 1.29 is 22.7 Å². The first-order chi connectivity index (χ1) is 15.3. The van der Waals surface area contributed by atoms with Crippen molar-refractivity contribution in [3.05, 3.63) is 70.1 Å². The molecule has 2 aromatic carbocycles. The number of esters is 1. The van der Waals surface area contributed by atoms with Gasteiger partial charge in [-0.3, -0.25) is 4.79 Å². The summed E-state index contributed by atoms with van der Waals surface area (Å²) >= 11 is 1.39. The number of aryl methyl sites for hydroxylation is 2. The maximum absolute atomic E-state index is 12.7. The fourth-order valence-corrected chi connectivity index (χ4v) is 5.99. The summed E-state index contributed by atoms with van der Waals surface area (Å²) < 4.78 is 28.4. The molecular weight excluding hydrogens is 448 g/mol. The van der Waals surface area contributed by atoms with Gasteiger partial charge >= 0.3 is 5.97 Å². The van der Waals surface area contributed by atoms with Crippen molar-refractivity contribution >= 4 is 38.9 Å². The Morgan fingerprint density at radius 3 is 2.59 bits per heavy atom. The lowest BCUT2D eigenvalue weighted by molar-refractivity contribution is -0.121. The molecule has 1 aliphatic heterocycles. The summed E-state index contributed by atoms with van der Waals surface area (Å²) in [5, 5.41) is 5.18. The second kappa shape index (κ2) is 7.84. The number of primary sulfonamides is 1. The minimum absolute atomic E-state index is 0.0141. The number of sulfonamides is 1. The molecule has 1 aromatic heterocycles. The smallest absolute Gasteiger partial charge is 0.348 e. The van der Waals surface area contributed by atoms with Crippen LogP contribution in [0.25, 0.3) is 10.4 Å². The van der Waals surface area contributed by atoms with E-state index in [1.807, 2.05) is 18.2 Å². The van der Waals surface area contributed by atoms with Crippen molar-refractivity contribution in [1.29, 1.82) is 0 Å². The second-order valence-electron chi connectivity index (χ2n) is 7.83. The lowest BCUT2D eigenvalue weighted by Crippen LogP contribution is -2.33. The quantitative estimate of drug-likeness (QED) is 0.593. The molecule has 0 radical (unpaired) electrons. The molecule has 0 fully saturated rings. The standard InChI is InChI=1S/C23H20N2O5S2/c24-32(28,29)17-7-8-19-15(11-17)9-10-25(19)21(26)13-30-23(27)20-12-16-6-5-14-3-1-2-4-18(14)22(16)31-20/h1-4,7-8,11-12H,5-6,9-10,13H2,(H2,24,28,29). The highest BCUT2D eigenvalue weighted by Crippen LogP contribution is 2.39. The number of carbonyl (C=O) groups is 2. The van der Waals surface area contributed by atoms with Crippen LogP contribution >= 0.6 is 11.3 Å². The molecule has 0 saturated carbocycles. The van der Waals surface area contributed by atoms with Crippen LogP contribution in [0.2, 0.25) is 0 Å². The van der Waals surface area contributed by atoms with Crippen molar-refractivity contribution in [3.8, 4) is 10.4 Å². The summed E-state index contributed by atoms with van der Waals surface area (Å²) in [6.45, 7) is 0.0121. The van der Waals surface area contributed by atoms with Gasteiger partial charge in [0.15, 0.2) is 6.61 Å². The number of anilines is 1. The number of thiophene rings is 1. The number of rotatable bonds is 4. The highest BCUT2D eigenvalue weighted by atomic mass is 32.2. The Morgan fingerprint density at radius 1 is 1.00 bits per heavy atom. The van der Waals surface area contributed by atoms with Gasteiger partial charge in [0.25, 0.3) is 5.91 Å². The van der Waals surface area contributed by atoms with E-state index in [0.717, 1.165) is 34.4 Å². The lowest BCUT2D eigenvalue weighted by Gasteiger charge is -2.17. The summed E-state index contributed by atoms with van der Waals surface area (Å²) in [7, 11) is -3.81. The number of fused-ring (bicyclic) bond motifs is 4. The molecule has 0 unspecified atom stereocenters. The SMILES string of the molecule is NS(=O)(=O)c1ccc2c(c1)CCN2C(=O)COC(=O)c1cc2c(s1)-c1ccccc1CC2. The molecule has 0 spiro atoms. The van der Waals surface area contributed by atoms with Gasteiger partial charge in [-0.05, 0) is 65.8 Å². The number of benzene rings is 2. The maximum atomic E-state index is 12.7. The Hall–Kier alpha value is -3.01. The summed E-state index contributed by atoms with van der Waals surface area (Å²) in [4.78, 5) is 28.4. The fraction of sp³-hybridized carbons (Fsp3) is 0.217. The topological polar surface area (TPSA) is 107 Å². The van der Waals surface area contributed by atoms with Gasteiger partial charge in [-0.15, -0.1) is 11.3 Å². The molecule has 0 saturated heterocycles. The predicted molar refractivity (Wildman–Crippen MR) is 121 cm³/mol. The zero-order valence-electron chi connectivity index (χ0n) is 17.0. The van der Waals surface area contributed by atoms with E-state index in [0.29, 0.717) is 23.5 Å². The molecule has 2 heterocycles. The second-order valence-corrected chi connectivity index (χ2v) is 10.4. The highest BCUT2D eigenvalue weighted by molar-refractivity contribution is 7.89. The van der Waals surface area contributed by atoms with E-state index in [-0.39, 0.29) is 17.4 Å². The maximum Gasteiger partial charge on any atom is 0.348 e. The van der Waals surface area contributed by atoms with E-state index >= 15 is 0 Å². The highest BCUT2D eigenvalue weighted by Gasteiger charge is 2.28. The van der Waals surface area contributed by atoms with Gasteiger partial charge < -0.3 is 9.64 Å². The van der Waals surface area contributed by atoms with Crippen molar-refractivity contribution in [3.63, 3.8) is 0 Å². The van der Waals surface area contributed by atoms with Crippen LogP contribution in [-0.4, -0.2) is 33.4 Å². The zero-order valence-corrected chi connectivity index (χ0v) is 18.7. The molecule has 2 aliphatic rings. The molecule has 3 aromatic rings. The van der Waals surface area contributed by atoms with Crippen molar-refractivity contribution in [1.82, 2.24) is 0 Å². The lowest BCUT2D eigenvalue weighted by atomic mass is 9.91. The van der Waals surface area contributed by atoms with Crippen LogP contribution in [0, 0.1) is 0 Å².